The molecule has 1 unspecified atom stereocenters. The molecule has 4 saturated heterocycles. The van der Waals surface area contributed by atoms with Crippen molar-refractivity contribution < 1.29 is 37.3 Å². The van der Waals surface area contributed by atoms with Gasteiger partial charge in [-0.25, -0.2) is 18.1 Å². The first-order valence-electron chi connectivity index (χ1n) is 32.4. The Morgan fingerprint density at radius 2 is 1.66 bits per heavy atom. The minimum absolute atomic E-state index is 0.0435. The number of carbonyl (C=O) groups excluding carboxylic acids is 4. The molecule has 20 nitrogen and oxygen atoms in total. The number of amides is 4. The number of nitro groups is 1. The van der Waals surface area contributed by atoms with Crippen LogP contribution in [0, 0.1) is 33.3 Å². The Balaban J connectivity index is 0.602. The number of pyridine rings is 1. The predicted molar refractivity (Wildman–Crippen MR) is 355 cm³/mol. The molecular weight excluding hydrogens is 1210 g/mol. The number of halogens is 1. The van der Waals surface area contributed by atoms with E-state index in [1.165, 1.54) is 35.0 Å². The van der Waals surface area contributed by atoms with E-state index < -0.39 is 43.4 Å². The van der Waals surface area contributed by atoms with Crippen LogP contribution in [0.15, 0.2) is 114 Å². The van der Waals surface area contributed by atoms with E-state index in [9.17, 15) is 37.7 Å². The lowest BCUT2D eigenvalue weighted by molar-refractivity contribution is -0.384. The summed E-state index contributed by atoms with van der Waals surface area (Å²) in [5.41, 5.74) is 7.73. The monoisotopic (exact) mass is 1290 g/mol. The van der Waals surface area contributed by atoms with Crippen molar-refractivity contribution >= 4 is 78.9 Å². The van der Waals surface area contributed by atoms with Crippen molar-refractivity contribution in [3.8, 4) is 23.3 Å². The predicted octanol–water partition coefficient (Wildman–Crippen LogP) is 10.8. The number of aromatic nitrogens is 2. The van der Waals surface area contributed by atoms with Gasteiger partial charge in [-0.05, 0) is 186 Å². The van der Waals surface area contributed by atoms with Gasteiger partial charge in [0.15, 0.2) is 0 Å². The minimum Gasteiger partial charge on any atom is -0.455 e. The molecule has 4 N–H and O–H groups in total. The number of sulfonamides is 1. The average Bonchev–Trinajstić information content (AvgIpc) is 1.60. The van der Waals surface area contributed by atoms with E-state index in [4.69, 9.17) is 16.3 Å². The van der Waals surface area contributed by atoms with E-state index in [0.717, 1.165) is 156 Å². The van der Waals surface area contributed by atoms with Gasteiger partial charge in [-0.3, -0.25) is 39.5 Å². The lowest BCUT2D eigenvalue weighted by Gasteiger charge is -2.42. The number of carbonyl (C=O) groups is 4. The Bertz CT molecular complexity index is 3990. The molecule has 22 heteroatoms. The highest BCUT2D eigenvalue weighted by Crippen LogP contribution is 2.44. The van der Waals surface area contributed by atoms with Crippen LogP contribution in [0.1, 0.15) is 135 Å². The number of nitrogens with zero attached hydrogens (tertiary/aromatic N) is 7. The third-order valence-electron chi connectivity index (χ3n) is 19.4. The van der Waals surface area contributed by atoms with E-state index in [1.54, 1.807) is 41.4 Å². The number of anilines is 2. The lowest BCUT2D eigenvalue weighted by atomic mass is 9.72. The zero-order valence-electron chi connectivity index (χ0n) is 52.3. The largest absolute Gasteiger partial charge is 0.455 e. The van der Waals surface area contributed by atoms with E-state index in [-0.39, 0.29) is 46.6 Å². The molecule has 0 bridgehead atoms. The van der Waals surface area contributed by atoms with Gasteiger partial charge >= 0.3 is 0 Å². The zero-order valence-corrected chi connectivity index (χ0v) is 53.9. The van der Waals surface area contributed by atoms with Crippen LogP contribution in [-0.4, -0.2) is 151 Å². The molecule has 92 heavy (non-hydrogen) atoms. The molecule has 12 rings (SSSR count). The van der Waals surface area contributed by atoms with Gasteiger partial charge in [-0.1, -0.05) is 67.5 Å². The fraction of sp³-hybridized carbons (Fsp3) is 0.443. The van der Waals surface area contributed by atoms with Crippen LogP contribution in [0.25, 0.3) is 16.6 Å². The van der Waals surface area contributed by atoms with Crippen molar-refractivity contribution in [2.24, 2.45) is 11.3 Å². The van der Waals surface area contributed by atoms with Crippen LogP contribution >= 0.6 is 11.6 Å². The highest BCUT2D eigenvalue weighted by atomic mass is 35.5. The van der Waals surface area contributed by atoms with Gasteiger partial charge < -0.3 is 34.6 Å². The number of hydrogen-bond acceptors (Lipinski definition) is 15. The maximum absolute atomic E-state index is 14.2. The smallest absolute Gasteiger partial charge is 0.293 e. The first-order chi connectivity index (χ1) is 44.4. The lowest BCUT2D eigenvalue weighted by Crippen LogP contribution is -2.52. The maximum atomic E-state index is 14.2. The van der Waals surface area contributed by atoms with Crippen molar-refractivity contribution in [3.05, 3.63) is 152 Å². The fourth-order valence-corrected chi connectivity index (χ4v) is 15.2. The summed E-state index contributed by atoms with van der Waals surface area (Å²) >= 11 is 6.28. The Kier molecular flexibility index (Phi) is 19.5. The molecule has 4 aromatic carbocycles. The number of piperazine rings is 1. The Morgan fingerprint density at radius 3 is 2.43 bits per heavy atom. The van der Waals surface area contributed by atoms with E-state index >= 15 is 0 Å². The third kappa shape index (κ3) is 15.0. The number of allylic oxidation sites excluding steroid dienone is 1. The molecule has 1 aliphatic carbocycles. The Labute approximate surface area is 542 Å². The summed E-state index contributed by atoms with van der Waals surface area (Å²) < 4.78 is 36.6. The van der Waals surface area contributed by atoms with Crippen molar-refractivity contribution in [1.82, 2.24) is 39.6 Å². The molecule has 7 heterocycles. The minimum atomic E-state index is -4.62. The van der Waals surface area contributed by atoms with Gasteiger partial charge in [0.05, 0.1) is 21.6 Å². The number of likely N-dealkylation sites (tertiary alicyclic amines) is 2. The van der Waals surface area contributed by atoms with Crippen molar-refractivity contribution in [1.29, 1.82) is 0 Å². The van der Waals surface area contributed by atoms with Gasteiger partial charge in [-0.2, -0.15) is 0 Å². The number of fused-ring (bicyclic) bond motifs is 2. The highest BCUT2D eigenvalue weighted by Gasteiger charge is 2.40. The molecule has 6 aliphatic rings. The number of nitrogens with one attached hydrogen (secondary N) is 4. The normalized spacial score (nSPS) is 19.6. The fourth-order valence-electron chi connectivity index (χ4n) is 14.1. The summed E-state index contributed by atoms with van der Waals surface area (Å²) in [7, 11) is -4.62. The zero-order chi connectivity index (χ0) is 64.1. The number of H-pyrrole nitrogens is 1. The van der Waals surface area contributed by atoms with Crippen molar-refractivity contribution in [2.45, 2.75) is 121 Å². The van der Waals surface area contributed by atoms with Crippen LogP contribution < -0.4 is 25.0 Å². The summed E-state index contributed by atoms with van der Waals surface area (Å²) in [5.74, 6) is 5.45. The number of ether oxygens (including phenoxy) is 1. The quantitative estimate of drug-likeness (QED) is 0.0183. The number of piperidine rings is 3. The van der Waals surface area contributed by atoms with Crippen LogP contribution in [0.2, 0.25) is 5.02 Å². The first-order valence-corrected chi connectivity index (χ1v) is 34.3. The number of rotatable bonds is 20. The second-order valence-electron chi connectivity index (χ2n) is 26.2. The SMILES string of the molecule is CC1(C)CCC(CN2CCN(c3ccc(C(=O)NS(=O)(=O)c4ccc(NCC5CCN(C6CCN(CCCCCC#Cc7cccc8c7CN(C7CCC(=O)NC7=O)C8=O)CC6)CC5)c([N+](=O)[O-])c4)c(Oc4cnc5[nH]ccc5c4)c3)CC2)=C(c2ccc(Cl)cc2)C1. The first kappa shape index (κ1) is 64.0. The van der Waals surface area contributed by atoms with Gasteiger partial charge in [0.25, 0.3) is 27.5 Å². The molecule has 4 amide bonds. The molecule has 0 saturated carbocycles. The molecule has 4 fully saturated rings. The topological polar surface area (TPSA) is 236 Å². The van der Waals surface area contributed by atoms with Crippen molar-refractivity contribution in [3.63, 3.8) is 0 Å². The molecule has 1 atom stereocenters. The standard InChI is InChI=1S/C70H80ClN11O9S/c1-70(2)28-22-51(59(42-70)49-12-14-52(71)15-13-49)45-78-35-37-80(38-36-78)54-16-18-58(64(40-54)91-55-39-50-23-29-72-66(50)74-44-55)67(84)76-92(89,90)56-17-19-61(63(41-56)82(87)88)73-43-47-24-33-79(34-25-47)53-26-31-77(32-27-53)30-7-5-3-4-6-9-48-10-8-11-57-60(48)46-81(69(57)86)62-20-21-65(83)75-68(62)85/h8,10-19,23,29,39-41,44,47,53,62,73H,3-5,7,20-22,24-28,30-38,42-43,45-46H2,1-2H3,(H,72,74)(H,76,84)(H,75,83,85). The molecule has 5 aliphatic heterocycles. The molecule has 0 spiro atoms. The summed E-state index contributed by atoms with van der Waals surface area (Å²) in [6.07, 6.45) is 15.0. The molecule has 2 aromatic heterocycles. The number of imide groups is 1. The number of nitro benzene ring substituents is 1. The van der Waals surface area contributed by atoms with E-state index in [0.29, 0.717) is 55.6 Å². The summed E-state index contributed by atoms with van der Waals surface area (Å²) in [5, 5.41) is 19.7. The summed E-state index contributed by atoms with van der Waals surface area (Å²) in [4.78, 5) is 82.1. The Morgan fingerprint density at radius 1 is 0.870 bits per heavy atom. The highest BCUT2D eigenvalue weighted by molar-refractivity contribution is 7.90. The van der Waals surface area contributed by atoms with Gasteiger partial charge in [0, 0.05) is 110 Å². The number of aromatic amines is 1. The second kappa shape index (κ2) is 28.0. The number of benzene rings is 4. The maximum Gasteiger partial charge on any atom is 0.293 e. The molecule has 482 valence electrons. The van der Waals surface area contributed by atoms with Gasteiger partial charge in [-0.15, -0.1) is 0 Å². The van der Waals surface area contributed by atoms with Crippen LogP contribution in [0.5, 0.6) is 11.5 Å². The number of hydrogen-bond donors (Lipinski definition) is 4. The summed E-state index contributed by atoms with van der Waals surface area (Å²) in [6, 6.07) is 26.0. The second-order valence-corrected chi connectivity index (χ2v) is 28.3. The van der Waals surface area contributed by atoms with Crippen molar-refractivity contribution in [2.75, 3.05) is 82.2 Å². The van der Waals surface area contributed by atoms with E-state index in [1.807, 2.05) is 30.3 Å². The molecule has 0 radical (unpaired) electrons. The third-order valence-corrected chi connectivity index (χ3v) is 21.0. The molecule has 6 aromatic rings. The average molecular weight is 1290 g/mol. The van der Waals surface area contributed by atoms with Crippen LogP contribution in [-0.2, 0) is 26.2 Å². The van der Waals surface area contributed by atoms with Gasteiger partial charge in [0.2, 0.25) is 11.8 Å². The van der Waals surface area contributed by atoms with E-state index in [2.05, 4.69) is 82.7 Å². The Hall–Kier alpha value is -8.13. The molecular formula is C70H80ClN11O9S. The number of unbranched alkanes of at least 4 members (excludes halogenated alkanes) is 3. The summed E-state index contributed by atoms with van der Waals surface area (Å²) in [6.45, 7) is 14.4. The van der Waals surface area contributed by atoms with Gasteiger partial charge in [0.1, 0.15) is 28.9 Å². The van der Waals surface area contributed by atoms with Crippen LogP contribution in [0.3, 0.4) is 0 Å². The van der Waals surface area contributed by atoms with Crippen LogP contribution in [0.4, 0.5) is 17.1 Å².